The maximum Gasteiger partial charge on any atom is 0.178 e. The molecule has 1 N–H and O–H groups in total. The van der Waals surface area contributed by atoms with Crippen LogP contribution in [0.25, 0.3) is 11.0 Å². The summed E-state index contributed by atoms with van der Waals surface area (Å²) in [4.78, 5) is 3.23. The van der Waals surface area contributed by atoms with E-state index in [4.69, 9.17) is 23.8 Å². The summed E-state index contributed by atoms with van der Waals surface area (Å²) in [5.74, 6) is 1.60. The Balaban J connectivity index is 2.02. The number of hydrogen-bond donors (Lipinski definition) is 1. The Hall–Kier alpha value is -0.800. The summed E-state index contributed by atoms with van der Waals surface area (Å²) in [6.07, 6.45) is 2.76. The van der Waals surface area contributed by atoms with Gasteiger partial charge < -0.3 is 9.55 Å². The SMILES string of the molecule is CC(Cn1c(=S)[nH]c2cc(Cl)ccc21)C1CC1. The molecule has 1 aromatic carbocycles. The molecule has 0 bridgehead atoms. The maximum absolute atomic E-state index is 5.98. The summed E-state index contributed by atoms with van der Waals surface area (Å²) in [6, 6.07) is 5.90. The molecule has 2 nitrogen and oxygen atoms in total. The fourth-order valence-corrected chi connectivity index (χ4v) is 2.87. The van der Waals surface area contributed by atoms with Crippen molar-refractivity contribution < 1.29 is 0 Å². The first-order chi connectivity index (χ1) is 8.15. The molecule has 0 spiro atoms. The second-order valence-corrected chi connectivity index (χ2v) is 5.84. The van der Waals surface area contributed by atoms with E-state index in [0.29, 0.717) is 5.92 Å². The zero-order chi connectivity index (χ0) is 12.0. The number of halogens is 1. The van der Waals surface area contributed by atoms with E-state index < -0.39 is 0 Å². The largest absolute Gasteiger partial charge is 0.331 e. The van der Waals surface area contributed by atoms with Gasteiger partial charge in [-0.05, 0) is 55.1 Å². The number of aromatic amines is 1. The molecule has 2 aromatic rings. The molecule has 0 aliphatic heterocycles. The Morgan fingerprint density at radius 3 is 3.00 bits per heavy atom. The molecule has 3 rings (SSSR count). The van der Waals surface area contributed by atoms with E-state index in [9.17, 15) is 0 Å². The lowest BCUT2D eigenvalue weighted by molar-refractivity contribution is 0.434. The molecule has 0 saturated heterocycles. The molecule has 1 heterocycles. The lowest BCUT2D eigenvalue weighted by Crippen LogP contribution is -2.09. The first-order valence-electron chi connectivity index (χ1n) is 6.03. The van der Waals surface area contributed by atoms with Crippen molar-refractivity contribution in [1.82, 2.24) is 9.55 Å². The lowest BCUT2D eigenvalue weighted by atomic mass is 10.1. The Kier molecular flexibility index (Phi) is 2.75. The highest BCUT2D eigenvalue weighted by Gasteiger charge is 2.28. The first-order valence-corrected chi connectivity index (χ1v) is 6.82. The Bertz CT molecular complexity index is 609. The minimum absolute atomic E-state index is 0.705. The van der Waals surface area contributed by atoms with Gasteiger partial charge in [0.05, 0.1) is 11.0 Å². The van der Waals surface area contributed by atoms with Gasteiger partial charge in [-0.1, -0.05) is 18.5 Å². The van der Waals surface area contributed by atoms with Gasteiger partial charge in [0, 0.05) is 11.6 Å². The third kappa shape index (κ3) is 2.14. The van der Waals surface area contributed by atoms with E-state index >= 15 is 0 Å². The molecule has 1 saturated carbocycles. The van der Waals surface area contributed by atoms with Gasteiger partial charge in [0.1, 0.15) is 0 Å². The summed E-state index contributed by atoms with van der Waals surface area (Å²) < 4.78 is 3.00. The van der Waals surface area contributed by atoms with Crippen LogP contribution in [0.4, 0.5) is 0 Å². The van der Waals surface area contributed by atoms with Crippen molar-refractivity contribution in [2.24, 2.45) is 11.8 Å². The highest BCUT2D eigenvalue weighted by atomic mass is 35.5. The number of aromatic nitrogens is 2. The van der Waals surface area contributed by atoms with Gasteiger partial charge in [-0.25, -0.2) is 0 Å². The second kappa shape index (κ2) is 4.14. The van der Waals surface area contributed by atoms with E-state index in [0.717, 1.165) is 33.3 Å². The van der Waals surface area contributed by atoms with Crippen molar-refractivity contribution in [2.75, 3.05) is 0 Å². The van der Waals surface area contributed by atoms with Gasteiger partial charge in [-0.3, -0.25) is 0 Å². The smallest absolute Gasteiger partial charge is 0.178 e. The third-order valence-corrected chi connectivity index (χ3v) is 4.19. The van der Waals surface area contributed by atoms with Crippen molar-refractivity contribution in [3.05, 3.63) is 28.0 Å². The van der Waals surface area contributed by atoms with Crippen molar-refractivity contribution in [3.8, 4) is 0 Å². The van der Waals surface area contributed by atoms with E-state index in [1.54, 1.807) is 0 Å². The average Bonchev–Trinajstić information content (AvgIpc) is 3.06. The number of nitrogens with one attached hydrogen (secondary N) is 1. The number of rotatable bonds is 3. The standard InChI is InChI=1S/C13H15ClN2S/c1-8(9-2-3-9)7-16-12-5-4-10(14)6-11(12)15-13(16)17/h4-6,8-9H,2-3,7H2,1H3,(H,15,17). The van der Waals surface area contributed by atoms with E-state index in [-0.39, 0.29) is 0 Å². The molecule has 4 heteroatoms. The Labute approximate surface area is 111 Å². The molecule has 1 unspecified atom stereocenters. The summed E-state index contributed by atoms with van der Waals surface area (Å²) >= 11 is 11.4. The third-order valence-electron chi connectivity index (χ3n) is 3.63. The van der Waals surface area contributed by atoms with Gasteiger partial charge in [-0.15, -0.1) is 0 Å². The molecule has 0 amide bonds. The highest BCUT2D eigenvalue weighted by molar-refractivity contribution is 7.71. The van der Waals surface area contributed by atoms with Crippen LogP contribution in [0.15, 0.2) is 18.2 Å². The van der Waals surface area contributed by atoms with Crippen molar-refractivity contribution in [1.29, 1.82) is 0 Å². The number of nitrogens with zero attached hydrogens (tertiary/aromatic N) is 1. The van der Waals surface area contributed by atoms with Crippen molar-refractivity contribution >= 4 is 34.9 Å². The monoisotopic (exact) mass is 266 g/mol. The van der Waals surface area contributed by atoms with Crippen LogP contribution >= 0.6 is 23.8 Å². The van der Waals surface area contributed by atoms with Crippen LogP contribution < -0.4 is 0 Å². The molecule has 17 heavy (non-hydrogen) atoms. The molecular weight excluding hydrogens is 252 g/mol. The van der Waals surface area contributed by atoms with Crippen LogP contribution in [0.3, 0.4) is 0 Å². The molecule has 1 aromatic heterocycles. The van der Waals surface area contributed by atoms with Crippen molar-refractivity contribution in [2.45, 2.75) is 26.3 Å². The molecule has 1 aliphatic carbocycles. The Morgan fingerprint density at radius 2 is 2.29 bits per heavy atom. The minimum Gasteiger partial charge on any atom is -0.331 e. The van der Waals surface area contributed by atoms with Crippen LogP contribution in [0.5, 0.6) is 0 Å². The van der Waals surface area contributed by atoms with Crippen molar-refractivity contribution in [3.63, 3.8) is 0 Å². The lowest BCUT2D eigenvalue weighted by Gasteiger charge is -2.11. The normalized spacial score (nSPS) is 17.5. The van der Waals surface area contributed by atoms with Crippen LogP contribution in [-0.4, -0.2) is 9.55 Å². The van der Waals surface area contributed by atoms with E-state index in [1.165, 1.54) is 12.8 Å². The summed E-state index contributed by atoms with van der Waals surface area (Å²) in [7, 11) is 0. The first kappa shape index (κ1) is 11.3. The fraction of sp³-hybridized carbons (Fsp3) is 0.462. The molecular formula is C13H15ClN2S. The number of fused-ring (bicyclic) bond motifs is 1. The van der Waals surface area contributed by atoms with Gasteiger partial charge in [0.2, 0.25) is 0 Å². The number of hydrogen-bond acceptors (Lipinski definition) is 1. The zero-order valence-electron chi connectivity index (χ0n) is 9.74. The average molecular weight is 267 g/mol. The second-order valence-electron chi connectivity index (χ2n) is 5.02. The van der Waals surface area contributed by atoms with Crippen LogP contribution in [0.2, 0.25) is 5.02 Å². The van der Waals surface area contributed by atoms with Gasteiger partial charge in [0.15, 0.2) is 4.77 Å². The molecule has 1 fully saturated rings. The zero-order valence-corrected chi connectivity index (χ0v) is 11.3. The van der Waals surface area contributed by atoms with E-state index in [2.05, 4.69) is 16.5 Å². The quantitative estimate of drug-likeness (QED) is 0.817. The molecule has 90 valence electrons. The number of benzene rings is 1. The van der Waals surface area contributed by atoms with Gasteiger partial charge in [0.25, 0.3) is 0 Å². The number of H-pyrrole nitrogens is 1. The summed E-state index contributed by atoms with van der Waals surface area (Å²) in [5.41, 5.74) is 2.19. The molecule has 0 radical (unpaired) electrons. The Morgan fingerprint density at radius 1 is 1.53 bits per heavy atom. The molecule has 1 aliphatic rings. The highest BCUT2D eigenvalue weighted by Crippen LogP contribution is 2.37. The van der Waals surface area contributed by atoms with E-state index in [1.807, 2.05) is 18.2 Å². The maximum atomic E-state index is 5.98. The predicted molar refractivity (Wildman–Crippen MR) is 74.0 cm³/mol. The minimum atomic E-state index is 0.705. The van der Waals surface area contributed by atoms with Crippen LogP contribution in [0.1, 0.15) is 19.8 Å². The van der Waals surface area contributed by atoms with Crippen LogP contribution in [0, 0.1) is 16.6 Å². The summed E-state index contributed by atoms with van der Waals surface area (Å²) in [5, 5.41) is 0.746. The summed E-state index contributed by atoms with van der Waals surface area (Å²) in [6.45, 7) is 3.32. The molecule has 1 atom stereocenters. The van der Waals surface area contributed by atoms with Gasteiger partial charge in [-0.2, -0.15) is 0 Å². The fourth-order valence-electron chi connectivity index (χ4n) is 2.42. The number of imidazole rings is 1. The van der Waals surface area contributed by atoms with Crippen LogP contribution in [-0.2, 0) is 6.54 Å². The van der Waals surface area contributed by atoms with Gasteiger partial charge >= 0.3 is 0 Å². The predicted octanol–water partition coefficient (Wildman–Crippen LogP) is 4.40. The topological polar surface area (TPSA) is 20.7 Å².